The Bertz CT molecular complexity index is 1110. The summed E-state index contributed by atoms with van der Waals surface area (Å²) in [4.78, 5) is 41.8. The summed E-state index contributed by atoms with van der Waals surface area (Å²) in [5.74, 6) is -2.60. The highest BCUT2D eigenvalue weighted by atomic mass is 19.1. The number of amides is 1. The van der Waals surface area contributed by atoms with Crippen LogP contribution in [0.1, 0.15) is 23.7 Å². The number of hydrogen-bond acceptors (Lipinski definition) is 4. The van der Waals surface area contributed by atoms with Crippen molar-refractivity contribution in [2.24, 2.45) is 5.92 Å². The van der Waals surface area contributed by atoms with Crippen LogP contribution in [0.3, 0.4) is 0 Å². The number of carbonyl (C=O) groups is 3. The molecule has 0 bridgehead atoms. The Hall–Kier alpha value is -3.48. The second-order valence-corrected chi connectivity index (χ2v) is 7.05. The SMILES string of the molecule is C[C@@H](OC(=O)[C@H]1CC(=O)N(c2ccccc2F)C1)C(=O)c1c[nH]c2ccccc12. The van der Waals surface area contributed by atoms with E-state index in [1.54, 1.807) is 12.3 Å². The molecule has 0 unspecified atom stereocenters. The monoisotopic (exact) mass is 394 g/mol. The van der Waals surface area contributed by atoms with Crippen LogP contribution < -0.4 is 4.90 Å². The van der Waals surface area contributed by atoms with Crippen LogP contribution in [0.2, 0.25) is 0 Å². The molecule has 1 aromatic heterocycles. The zero-order valence-corrected chi connectivity index (χ0v) is 15.7. The number of carbonyl (C=O) groups excluding carboxylic acids is 3. The molecule has 0 aliphatic carbocycles. The first-order valence-corrected chi connectivity index (χ1v) is 9.31. The van der Waals surface area contributed by atoms with Gasteiger partial charge >= 0.3 is 5.97 Å². The summed E-state index contributed by atoms with van der Waals surface area (Å²) in [5.41, 5.74) is 1.39. The van der Waals surface area contributed by atoms with E-state index in [1.807, 2.05) is 24.3 Å². The molecule has 6 nitrogen and oxygen atoms in total. The Balaban J connectivity index is 1.45. The van der Waals surface area contributed by atoms with Crippen molar-refractivity contribution in [2.75, 3.05) is 11.4 Å². The van der Waals surface area contributed by atoms with Crippen LogP contribution >= 0.6 is 0 Å². The van der Waals surface area contributed by atoms with E-state index in [4.69, 9.17) is 4.74 Å². The average Bonchev–Trinajstić information content (AvgIpc) is 3.31. The van der Waals surface area contributed by atoms with Crippen molar-refractivity contribution in [1.82, 2.24) is 4.98 Å². The lowest BCUT2D eigenvalue weighted by Crippen LogP contribution is -2.30. The number of para-hydroxylation sites is 2. The highest BCUT2D eigenvalue weighted by Gasteiger charge is 2.38. The number of anilines is 1. The lowest BCUT2D eigenvalue weighted by Gasteiger charge is -2.18. The summed E-state index contributed by atoms with van der Waals surface area (Å²) in [5, 5.41) is 0.752. The van der Waals surface area contributed by atoms with E-state index in [-0.39, 0.29) is 30.3 Å². The van der Waals surface area contributed by atoms with Gasteiger partial charge in [-0.3, -0.25) is 14.4 Å². The van der Waals surface area contributed by atoms with Crippen LogP contribution in [0.4, 0.5) is 10.1 Å². The van der Waals surface area contributed by atoms with Gasteiger partial charge in [-0.15, -0.1) is 0 Å². The number of benzene rings is 2. The summed E-state index contributed by atoms with van der Waals surface area (Å²) < 4.78 is 19.3. The number of H-pyrrole nitrogens is 1. The van der Waals surface area contributed by atoms with Gasteiger partial charge in [0, 0.05) is 35.6 Å². The van der Waals surface area contributed by atoms with Gasteiger partial charge in [-0.25, -0.2) is 4.39 Å². The number of fused-ring (bicyclic) bond motifs is 1. The van der Waals surface area contributed by atoms with Crippen molar-refractivity contribution in [2.45, 2.75) is 19.4 Å². The minimum Gasteiger partial charge on any atom is -0.454 e. The lowest BCUT2D eigenvalue weighted by molar-refractivity contribution is -0.151. The molecule has 1 N–H and O–H groups in total. The summed E-state index contributed by atoms with van der Waals surface area (Å²) >= 11 is 0. The first-order valence-electron chi connectivity index (χ1n) is 9.31. The summed E-state index contributed by atoms with van der Waals surface area (Å²) in [6.07, 6.45) is 0.511. The molecule has 4 rings (SSSR count). The normalized spacial score (nSPS) is 17.5. The zero-order valence-electron chi connectivity index (χ0n) is 15.7. The molecule has 1 fully saturated rings. The number of nitrogens with one attached hydrogen (secondary N) is 1. The van der Waals surface area contributed by atoms with E-state index in [2.05, 4.69) is 4.98 Å². The third-order valence-electron chi connectivity index (χ3n) is 5.12. The number of Topliss-reactive ketones (excluding diaryl/α,β-unsaturated/α-hetero) is 1. The topological polar surface area (TPSA) is 79.5 Å². The van der Waals surface area contributed by atoms with Crippen LogP contribution in [-0.4, -0.2) is 35.3 Å². The average molecular weight is 394 g/mol. The third-order valence-corrected chi connectivity index (χ3v) is 5.12. The number of halogens is 1. The van der Waals surface area contributed by atoms with Gasteiger partial charge in [0.15, 0.2) is 6.10 Å². The molecule has 2 atom stereocenters. The van der Waals surface area contributed by atoms with Gasteiger partial charge in [0.2, 0.25) is 11.7 Å². The first kappa shape index (κ1) is 18.9. The quantitative estimate of drug-likeness (QED) is 0.531. The molecule has 7 heteroatoms. The lowest BCUT2D eigenvalue weighted by atomic mass is 10.1. The first-order chi connectivity index (χ1) is 14.0. The minimum atomic E-state index is -1.00. The summed E-state index contributed by atoms with van der Waals surface area (Å²) in [7, 11) is 0. The second kappa shape index (κ2) is 7.50. The smallest absolute Gasteiger partial charge is 0.312 e. The zero-order chi connectivity index (χ0) is 20.5. The minimum absolute atomic E-state index is 0.0204. The highest BCUT2D eigenvalue weighted by molar-refractivity contribution is 6.10. The number of rotatable bonds is 5. The molecule has 1 aliphatic rings. The Kier molecular flexibility index (Phi) is 4.88. The number of aromatic nitrogens is 1. The maximum Gasteiger partial charge on any atom is 0.312 e. The Morgan fingerprint density at radius 1 is 1.17 bits per heavy atom. The van der Waals surface area contributed by atoms with E-state index >= 15 is 0 Å². The van der Waals surface area contributed by atoms with Crippen molar-refractivity contribution in [3.05, 3.63) is 66.1 Å². The molecule has 0 saturated carbocycles. The van der Waals surface area contributed by atoms with Gasteiger partial charge in [0.05, 0.1) is 11.6 Å². The van der Waals surface area contributed by atoms with Gasteiger partial charge in [-0.2, -0.15) is 0 Å². The fraction of sp³-hybridized carbons (Fsp3) is 0.227. The molecule has 2 aromatic carbocycles. The molecule has 1 aliphatic heterocycles. The van der Waals surface area contributed by atoms with Crippen molar-refractivity contribution < 1.29 is 23.5 Å². The summed E-state index contributed by atoms with van der Waals surface area (Å²) in [6.45, 7) is 1.53. The molecule has 0 radical (unpaired) electrons. The van der Waals surface area contributed by atoms with E-state index in [0.717, 1.165) is 10.9 Å². The second-order valence-electron chi connectivity index (χ2n) is 7.05. The van der Waals surface area contributed by atoms with Crippen molar-refractivity contribution in [3.63, 3.8) is 0 Å². The predicted octanol–water partition coefficient (Wildman–Crippen LogP) is 3.47. The van der Waals surface area contributed by atoms with Gasteiger partial charge in [0.1, 0.15) is 5.82 Å². The van der Waals surface area contributed by atoms with Gasteiger partial charge < -0.3 is 14.6 Å². The molecule has 1 amide bonds. The Labute approximate surface area is 166 Å². The number of aromatic amines is 1. The molecule has 29 heavy (non-hydrogen) atoms. The molecule has 2 heterocycles. The fourth-order valence-corrected chi connectivity index (χ4v) is 3.59. The van der Waals surface area contributed by atoms with Crippen LogP contribution in [0.15, 0.2) is 54.7 Å². The fourth-order valence-electron chi connectivity index (χ4n) is 3.59. The van der Waals surface area contributed by atoms with Crippen LogP contribution in [0.25, 0.3) is 10.9 Å². The molecular formula is C22H19FN2O4. The van der Waals surface area contributed by atoms with Crippen molar-refractivity contribution >= 4 is 34.3 Å². The number of hydrogen-bond donors (Lipinski definition) is 1. The molecule has 1 saturated heterocycles. The number of esters is 1. The third kappa shape index (κ3) is 3.51. The Morgan fingerprint density at radius 2 is 1.90 bits per heavy atom. The summed E-state index contributed by atoms with van der Waals surface area (Å²) in [6, 6.07) is 13.3. The van der Waals surface area contributed by atoms with E-state index < -0.39 is 23.8 Å². The van der Waals surface area contributed by atoms with Crippen LogP contribution in [0.5, 0.6) is 0 Å². The molecule has 148 valence electrons. The van der Waals surface area contributed by atoms with Crippen LogP contribution in [-0.2, 0) is 14.3 Å². The van der Waals surface area contributed by atoms with Gasteiger partial charge in [0.25, 0.3) is 0 Å². The Morgan fingerprint density at radius 3 is 2.69 bits per heavy atom. The number of nitrogens with zero attached hydrogens (tertiary/aromatic N) is 1. The molecular weight excluding hydrogens is 375 g/mol. The van der Waals surface area contributed by atoms with E-state index in [1.165, 1.54) is 30.0 Å². The predicted molar refractivity (Wildman–Crippen MR) is 105 cm³/mol. The maximum absolute atomic E-state index is 14.0. The van der Waals surface area contributed by atoms with Gasteiger partial charge in [-0.1, -0.05) is 30.3 Å². The molecule has 3 aromatic rings. The van der Waals surface area contributed by atoms with Crippen molar-refractivity contribution in [3.8, 4) is 0 Å². The number of ether oxygens (including phenoxy) is 1. The largest absolute Gasteiger partial charge is 0.454 e. The maximum atomic E-state index is 14.0. The van der Waals surface area contributed by atoms with E-state index in [0.29, 0.717) is 5.56 Å². The van der Waals surface area contributed by atoms with E-state index in [9.17, 15) is 18.8 Å². The van der Waals surface area contributed by atoms with Crippen molar-refractivity contribution in [1.29, 1.82) is 0 Å². The van der Waals surface area contributed by atoms with Gasteiger partial charge in [-0.05, 0) is 25.1 Å². The standard InChI is InChI=1S/C22H19FN2O4/c1-13(21(27)16-11-24-18-8-4-2-6-15(16)18)29-22(28)14-10-20(26)25(12-14)19-9-5-3-7-17(19)23/h2-9,11,13-14,24H,10,12H2,1H3/t13-,14+/m1/s1. The highest BCUT2D eigenvalue weighted by Crippen LogP contribution is 2.28. The number of ketones is 1. The van der Waals surface area contributed by atoms with Crippen LogP contribution in [0, 0.1) is 11.7 Å². The molecule has 0 spiro atoms.